The molecule has 0 radical (unpaired) electrons. The number of amides is 3. The van der Waals surface area contributed by atoms with Crippen molar-refractivity contribution in [1.82, 2.24) is 15.1 Å². The zero-order valence-corrected chi connectivity index (χ0v) is 24.9. The summed E-state index contributed by atoms with van der Waals surface area (Å²) in [5.41, 5.74) is 1.22. The van der Waals surface area contributed by atoms with E-state index in [1.807, 2.05) is 60.7 Å². The van der Waals surface area contributed by atoms with Crippen LogP contribution >= 0.6 is 0 Å². The van der Waals surface area contributed by atoms with E-state index in [0.29, 0.717) is 52.0 Å². The van der Waals surface area contributed by atoms with Crippen LogP contribution in [0.3, 0.4) is 0 Å². The Balaban J connectivity index is 1.83. The predicted molar refractivity (Wildman–Crippen MR) is 160 cm³/mol. The summed E-state index contributed by atoms with van der Waals surface area (Å²) < 4.78 is 11.0. The standard InChI is InChI=1S/C31H44BN3O7/c1-31(2,3)42-30(38)35(18-17-25-13-8-5-9-14-25)26(23-28(36)34-19-21-41-22-20-34)29(37)33-27(32(39)40)16-10-15-24-11-6-4-7-12-24/h4-9,11-14,26-27,39-40H,10,15-23H2,1-3H3,(H,33,37). The van der Waals surface area contributed by atoms with E-state index in [1.54, 1.807) is 25.7 Å². The maximum Gasteiger partial charge on any atom is 0.475 e. The van der Waals surface area contributed by atoms with Crippen LogP contribution in [0, 0.1) is 0 Å². The van der Waals surface area contributed by atoms with Gasteiger partial charge in [0.15, 0.2) is 0 Å². The normalized spacial score (nSPS) is 14.9. The van der Waals surface area contributed by atoms with E-state index in [9.17, 15) is 24.4 Å². The Morgan fingerprint density at radius 3 is 2.10 bits per heavy atom. The SMILES string of the molecule is CC(C)(C)OC(=O)N(CCc1ccccc1)C(CC(=O)N1CCOCC1)C(=O)NC(CCCc1ccccc1)B(O)O. The van der Waals surface area contributed by atoms with Crippen molar-refractivity contribution in [2.24, 2.45) is 0 Å². The van der Waals surface area contributed by atoms with Crippen LogP contribution in [0.4, 0.5) is 4.79 Å². The number of nitrogens with one attached hydrogen (secondary N) is 1. The summed E-state index contributed by atoms with van der Waals surface area (Å²) >= 11 is 0. The zero-order chi connectivity index (χ0) is 30.5. The van der Waals surface area contributed by atoms with Crippen LogP contribution < -0.4 is 5.32 Å². The highest BCUT2D eigenvalue weighted by molar-refractivity contribution is 6.43. The molecule has 2 aromatic carbocycles. The van der Waals surface area contributed by atoms with Crippen molar-refractivity contribution < 1.29 is 33.9 Å². The van der Waals surface area contributed by atoms with E-state index in [4.69, 9.17) is 9.47 Å². The second-order valence-corrected chi connectivity index (χ2v) is 11.5. The highest BCUT2D eigenvalue weighted by atomic mass is 16.6. The molecule has 3 amide bonds. The van der Waals surface area contributed by atoms with E-state index < -0.39 is 36.7 Å². The summed E-state index contributed by atoms with van der Waals surface area (Å²) in [6, 6.07) is 18.1. The van der Waals surface area contributed by atoms with Gasteiger partial charge in [-0.15, -0.1) is 0 Å². The van der Waals surface area contributed by atoms with Crippen LogP contribution in [0.1, 0.15) is 51.2 Å². The Morgan fingerprint density at radius 2 is 1.55 bits per heavy atom. The summed E-state index contributed by atoms with van der Waals surface area (Å²) in [6.07, 6.45) is 1.00. The number of carbonyl (C=O) groups excluding carboxylic acids is 3. The van der Waals surface area contributed by atoms with E-state index in [0.717, 1.165) is 11.1 Å². The van der Waals surface area contributed by atoms with Gasteiger partial charge in [0.1, 0.15) is 11.6 Å². The summed E-state index contributed by atoms with van der Waals surface area (Å²) in [5.74, 6) is -1.93. The van der Waals surface area contributed by atoms with Gasteiger partial charge in [0.05, 0.1) is 25.6 Å². The minimum absolute atomic E-state index is 0.119. The van der Waals surface area contributed by atoms with Gasteiger partial charge in [-0.3, -0.25) is 14.5 Å². The molecule has 1 aliphatic heterocycles. The van der Waals surface area contributed by atoms with Crippen molar-refractivity contribution in [3.8, 4) is 0 Å². The highest BCUT2D eigenvalue weighted by Crippen LogP contribution is 2.18. The molecule has 1 heterocycles. The van der Waals surface area contributed by atoms with Crippen molar-refractivity contribution in [3.63, 3.8) is 0 Å². The lowest BCUT2D eigenvalue weighted by Crippen LogP contribution is -2.57. The summed E-state index contributed by atoms with van der Waals surface area (Å²) in [4.78, 5) is 43.6. The van der Waals surface area contributed by atoms with Crippen LogP contribution in [0.5, 0.6) is 0 Å². The molecular weight excluding hydrogens is 537 g/mol. The quantitative estimate of drug-likeness (QED) is 0.310. The Bertz CT molecular complexity index is 1120. The first-order valence-electron chi connectivity index (χ1n) is 14.6. The molecule has 228 valence electrons. The first-order chi connectivity index (χ1) is 20.0. The Kier molecular flexibility index (Phi) is 12.8. The van der Waals surface area contributed by atoms with Gasteiger partial charge in [-0.25, -0.2) is 4.79 Å². The molecule has 0 spiro atoms. The largest absolute Gasteiger partial charge is 0.475 e. The van der Waals surface area contributed by atoms with Gasteiger partial charge in [-0.05, 0) is 57.6 Å². The highest BCUT2D eigenvalue weighted by Gasteiger charge is 2.38. The second kappa shape index (κ2) is 16.3. The summed E-state index contributed by atoms with van der Waals surface area (Å²) in [6.45, 7) is 6.90. The molecule has 0 bridgehead atoms. The van der Waals surface area contributed by atoms with Gasteiger partial charge in [0.2, 0.25) is 11.8 Å². The average Bonchev–Trinajstić information content (AvgIpc) is 2.96. The molecule has 3 rings (SSSR count). The molecule has 2 unspecified atom stereocenters. The maximum absolute atomic E-state index is 13.9. The monoisotopic (exact) mass is 581 g/mol. The molecule has 42 heavy (non-hydrogen) atoms. The molecular formula is C31H44BN3O7. The van der Waals surface area contributed by atoms with Crippen LogP contribution in [-0.4, -0.2) is 95.3 Å². The van der Waals surface area contributed by atoms with Gasteiger partial charge in [-0.2, -0.15) is 0 Å². The molecule has 0 aromatic heterocycles. The van der Waals surface area contributed by atoms with Gasteiger partial charge in [0, 0.05) is 19.6 Å². The first-order valence-corrected chi connectivity index (χ1v) is 14.6. The molecule has 11 heteroatoms. The van der Waals surface area contributed by atoms with Gasteiger partial charge in [0.25, 0.3) is 0 Å². The fourth-order valence-corrected chi connectivity index (χ4v) is 4.79. The molecule has 0 aliphatic carbocycles. The molecule has 10 nitrogen and oxygen atoms in total. The van der Waals surface area contributed by atoms with E-state index in [1.165, 1.54) is 4.90 Å². The van der Waals surface area contributed by atoms with Gasteiger partial charge in [-0.1, -0.05) is 60.7 Å². The Morgan fingerprint density at radius 1 is 0.976 bits per heavy atom. The van der Waals surface area contributed by atoms with Crippen molar-refractivity contribution in [1.29, 1.82) is 0 Å². The fourth-order valence-electron chi connectivity index (χ4n) is 4.79. The van der Waals surface area contributed by atoms with Crippen LogP contribution in [-0.2, 0) is 31.9 Å². The number of hydrogen-bond donors (Lipinski definition) is 3. The van der Waals surface area contributed by atoms with E-state index in [-0.39, 0.29) is 18.9 Å². The number of aryl methyl sites for hydroxylation is 1. The Labute approximate surface area is 249 Å². The number of benzene rings is 2. The molecule has 1 fully saturated rings. The van der Waals surface area contributed by atoms with Crippen LogP contribution in [0.15, 0.2) is 60.7 Å². The first kappa shape index (κ1) is 33.1. The zero-order valence-electron chi connectivity index (χ0n) is 24.9. The number of hydrogen-bond acceptors (Lipinski definition) is 7. The number of carbonyl (C=O) groups is 3. The van der Waals surface area contributed by atoms with Gasteiger partial charge >= 0.3 is 13.2 Å². The van der Waals surface area contributed by atoms with Crippen LogP contribution in [0.2, 0.25) is 0 Å². The fraction of sp³-hybridized carbons (Fsp3) is 0.516. The molecule has 3 N–H and O–H groups in total. The smallest absolute Gasteiger partial charge is 0.444 e. The Hall–Kier alpha value is -3.41. The molecule has 1 saturated heterocycles. The number of nitrogens with zero attached hydrogens (tertiary/aromatic N) is 2. The topological polar surface area (TPSA) is 129 Å². The third kappa shape index (κ3) is 11.1. The number of ether oxygens (including phenoxy) is 2. The maximum atomic E-state index is 13.9. The van der Waals surface area contributed by atoms with Crippen molar-refractivity contribution >= 4 is 25.0 Å². The lowest BCUT2D eigenvalue weighted by Gasteiger charge is -2.35. The van der Waals surface area contributed by atoms with Gasteiger partial charge < -0.3 is 29.7 Å². The lowest BCUT2D eigenvalue weighted by molar-refractivity contribution is -0.140. The molecule has 0 saturated carbocycles. The number of morpholine rings is 1. The van der Waals surface area contributed by atoms with Crippen molar-refractivity contribution in [3.05, 3.63) is 71.8 Å². The summed E-state index contributed by atoms with van der Waals surface area (Å²) in [5, 5.41) is 23.0. The van der Waals surface area contributed by atoms with Crippen LogP contribution in [0.25, 0.3) is 0 Å². The van der Waals surface area contributed by atoms with Crippen molar-refractivity contribution in [2.45, 2.75) is 70.5 Å². The molecule has 1 aliphatic rings. The average molecular weight is 582 g/mol. The van der Waals surface area contributed by atoms with Crippen molar-refractivity contribution in [2.75, 3.05) is 32.8 Å². The minimum atomic E-state index is -1.82. The lowest BCUT2D eigenvalue weighted by atomic mass is 9.76. The summed E-state index contributed by atoms with van der Waals surface area (Å²) in [7, 11) is -1.82. The number of rotatable bonds is 13. The van der Waals surface area contributed by atoms with E-state index in [2.05, 4.69) is 5.32 Å². The molecule has 2 atom stereocenters. The third-order valence-electron chi connectivity index (χ3n) is 7.03. The third-order valence-corrected chi connectivity index (χ3v) is 7.03. The predicted octanol–water partition coefficient (Wildman–Crippen LogP) is 2.60. The second-order valence-electron chi connectivity index (χ2n) is 11.5. The van der Waals surface area contributed by atoms with E-state index >= 15 is 0 Å². The molecule has 2 aromatic rings. The minimum Gasteiger partial charge on any atom is -0.444 e.